The number of nitrogens with zero attached hydrogens (tertiary/aromatic N) is 2. The van der Waals surface area contributed by atoms with Crippen LogP contribution in [0.1, 0.15) is 33.6 Å². The maximum absolute atomic E-state index is 13.5. The van der Waals surface area contributed by atoms with E-state index in [1.165, 1.54) is 6.07 Å². The molecule has 0 aliphatic carbocycles. The molecule has 2 heterocycles. The summed E-state index contributed by atoms with van der Waals surface area (Å²) < 4.78 is 37.8. The molecule has 0 bridgehead atoms. The summed E-state index contributed by atoms with van der Waals surface area (Å²) in [6.07, 6.45) is 1.73. The lowest BCUT2D eigenvalue weighted by Crippen LogP contribution is -2.41. The summed E-state index contributed by atoms with van der Waals surface area (Å²) >= 11 is 0. The Morgan fingerprint density at radius 2 is 1.59 bits per heavy atom. The van der Waals surface area contributed by atoms with Crippen LogP contribution in [0.3, 0.4) is 0 Å². The maximum atomic E-state index is 13.5. The fourth-order valence-corrected chi connectivity index (χ4v) is 4.05. The second-order valence-corrected chi connectivity index (χ2v) is 8.13. The van der Waals surface area contributed by atoms with Crippen LogP contribution in [0.25, 0.3) is 0 Å². The molecule has 0 N–H and O–H groups in total. The number of hydrogen-bond acceptors (Lipinski definition) is 4. The molecule has 2 saturated heterocycles. The summed E-state index contributed by atoms with van der Waals surface area (Å²) in [6, 6.07) is 10.3. The number of carbonyl (C=O) groups excluding carboxylic acids is 2. The Labute approximate surface area is 185 Å². The van der Waals surface area contributed by atoms with Gasteiger partial charge in [0.1, 0.15) is 5.75 Å². The summed E-state index contributed by atoms with van der Waals surface area (Å²) in [6.45, 7) is 3.81. The van der Waals surface area contributed by atoms with Gasteiger partial charge in [-0.3, -0.25) is 9.59 Å². The fraction of sp³-hybridized carbons (Fsp3) is 0.417. The van der Waals surface area contributed by atoms with Crippen molar-refractivity contribution in [3.63, 3.8) is 0 Å². The van der Waals surface area contributed by atoms with E-state index in [2.05, 4.69) is 0 Å². The molecule has 0 saturated carbocycles. The Balaban J connectivity index is 1.30. The standard InChI is InChI=1S/C24H26F2N2O4/c25-21-8-5-19(14-22(21)26)24(30)28-9-1-2-17(15-28)16-32-20-6-3-18(4-7-20)23(29)27-10-12-31-13-11-27/h3-8,14,17H,1-2,9-13,15-16H2. The molecule has 2 aliphatic rings. The van der Waals surface area contributed by atoms with Crippen molar-refractivity contribution >= 4 is 11.8 Å². The SMILES string of the molecule is O=C(c1ccc(OCC2CCCN(C(=O)c3ccc(F)c(F)c3)C2)cc1)N1CCOCC1. The number of piperidine rings is 1. The van der Waals surface area contributed by atoms with E-state index in [-0.39, 0.29) is 23.3 Å². The number of likely N-dealkylation sites (tertiary alicyclic amines) is 1. The molecule has 8 heteroatoms. The first-order valence-electron chi connectivity index (χ1n) is 10.9. The van der Waals surface area contributed by atoms with Gasteiger partial charge in [-0.2, -0.15) is 0 Å². The van der Waals surface area contributed by atoms with Crippen molar-refractivity contribution in [3.05, 3.63) is 65.2 Å². The van der Waals surface area contributed by atoms with E-state index in [4.69, 9.17) is 9.47 Å². The molecule has 32 heavy (non-hydrogen) atoms. The number of carbonyl (C=O) groups is 2. The molecule has 0 aromatic heterocycles. The zero-order chi connectivity index (χ0) is 22.5. The summed E-state index contributed by atoms with van der Waals surface area (Å²) in [5, 5.41) is 0. The molecule has 0 radical (unpaired) electrons. The van der Waals surface area contributed by atoms with E-state index in [1.807, 2.05) is 0 Å². The number of ether oxygens (including phenoxy) is 2. The first-order valence-corrected chi connectivity index (χ1v) is 10.9. The third-order valence-corrected chi connectivity index (χ3v) is 5.86. The summed E-state index contributed by atoms with van der Waals surface area (Å²) in [5.74, 6) is -1.52. The van der Waals surface area contributed by atoms with Crippen LogP contribution in [0.15, 0.2) is 42.5 Å². The van der Waals surface area contributed by atoms with Gasteiger partial charge in [-0.15, -0.1) is 0 Å². The van der Waals surface area contributed by atoms with Crippen LogP contribution in [0.5, 0.6) is 5.75 Å². The van der Waals surface area contributed by atoms with Crippen molar-refractivity contribution < 1.29 is 27.8 Å². The molecule has 2 fully saturated rings. The van der Waals surface area contributed by atoms with E-state index < -0.39 is 11.6 Å². The number of halogens is 2. The van der Waals surface area contributed by atoms with E-state index in [1.54, 1.807) is 34.1 Å². The molecule has 6 nitrogen and oxygen atoms in total. The quantitative estimate of drug-likeness (QED) is 0.710. The second kappa shape index (κ2) is 10.1. The van der Waals surface area contributed by atoms with E-state index in [0.29, 0.717) is 57.3 Å². The molecule has 1 unspecified atom stereocenters. The summed E-state index contributed by atoms with van der Waals surface area (Å²) in [4.78, 5) is 28.6. The third-order valence-electron chi connectivity index (χ3n) is 5.86. The van der Waals surface area contributed by atoms with Crippen LogP contribution in [-0.2, 0) is 4.74 Å². The van der Waals surface area contributed by atoms with Crippen LogP contribution in [0.4, 0.5) is 8.78 Å². The minimum Gasteiger partial charge on any atom is -0.493 e. The predicted molar refractivity (Wildman–Crippen MR) is 114 cm³/mol. The molecule has 2 aromatic carbocycles. The van der Waals surface area contributed by atoms with E-state index >= 15 is 0 Å². The summed E-state index contributed by atoms with van der Waals surface area (Å²) in [7, 11) is 0. The fourth-order valence-electron chi connectivity index (χ4n) is 4.05. The average molecular weight is 444 g/mol. The van der Waals surface area contributed by atoms with Gasteiger partial charge in [0.25, 0.3) is 11.8 Å². The minimum atomic E-state index is -1.02. The largest absolute Gasteiger partial charge is 0.493 e. The monoisotopic (exact) mass is 444 g/mol. The van der Waals surface area contributed by atoms with Crippen LogP contribution in [0, 0.1) is 17.6 Å². The first kappa shape index (κ1) is 22.2. The van der Waals surface area contributed by atoms with Crippen molar-refractivity contribution in [1.82, 2.24) is 9.80 Å². The molecule has 170 valence electrons. The number of morpholine rings is 1. The molecule has 2 aliphatic heterocycles. The second-order valence-electron chi connectivity index (χ2n) is 8.13. The maximum Gasteiger partial charge on any atom is 0.254 e. The Bertz CT molecular complexity index is 961. The molecular formula is C24H26F2N2O4. The predicted octanol–water partition coefficient (Wildman–Crippen LogP) is 3.37. The molecule has 1 atom stereocenters. The lowest BCUT2D eigenvalue weighted by Gasteiger charge is -2.32. The zero-order valence-electron chi connectivity index (χ0n) is 17.8. The third kappa shape index (κ3) is 5.24. The van der Waals surface area contributed by atoms with Gasteiger partial charge in [0, 0.05) is 43.2 Å². The van der Waals surface area contributed by atoms with Gasteiger partial charge in [-0.1, -0.05) is 0 Å². The molecule has 2 aromatic rings. The zero-order valence-corrected chi connectivity index (χ0v) is 17.8. The highest BCUT2D eigenvalue weighted by molar-refractivity contribution is 5.94. The molecule has 4 rings (SSSR count). The van der Waals surface area contributed by atoms with Gasteiger partial charge >= 0.3 is 0 Å². The van der Waals surface area contributed by atoms with Crippen molar-refractivity contribution in [1.29, 1.82) is 0 Å². The lowest BCUT2D eigenvalue weighted by molar-refractivity contribution is 0.0303. The van der Waals surface area contributed by atoms with Gasteiger partial charge < -0.3 is 19.3 Å². The Morgan fingerprint density at radius 1 is 0.906 bits per heavy atom. The Kier molecular flexibility index (Phi) is 6.99. The van der Waals surface area contributed by atoms with Crippen molar-refractivity contribution in [2.24, 2.45) is 5.92 Å². The van der Waals surface area contributed by atoms with Crippen molar-refractivity contribution in [2.45, 2.75) is 12.8 Å². The Hall–Kier alpha value is -3.00. The van der Waals surface area contributed by atoms with Gasteiger partial charge in [0.15, 0.2) is 11.6 Å². The van der Waals surface area contributed by atoms with Gasteiger partial charge in [0.2, 0.25) is 0 Å². The summed E-state index contributed by atoms with van der Waals surface area (Å²) in [5.41, 5.74) is 0.756. The van der Waals surface area contributed by atoms with Crippen molar-refractivity contribution in [2.75, 3.05) is 46.0 Å². The number of amides is 2. The van der Waals surface area contributed by atoms with Crippen LogP contribution >= 0.6 is 0 Å². The van der Waals surface area contributed by atoms with Gasteiger partial charge in [-0.05, 0) is 55.3 Å². The van der Waals surface area contributed by atoms with Crippen LogP contribution in [-0.4, -0.2) is 67.6 Å². The average Bonchev–Trinajstić information content (AvgIpc) is 2.84. The number of hydrogen-bond donors (Lipinski definition) is 0. The van der Waals surface area contributed by atoms with Crippen LogP contribution < -0.4 is 4.74 Å². The minimum absolute atomic E-state index is 0.0153. The van der Waals surface area contributed by atoms with Gasteiger partial charge in [0.05, 0.1) is 19.8 Å². The Morgan fingerprint density at radius 3 is 2.31 bits per heavy atom. The lowest BCUT2D eigenvalue weighted by atomic mass is 9.98. The highest BCUT2D eigenvalue weighted by Gasteiger charge is 2.26. The normalized spacial score (nSPS) is 19.0. The first-order chi connectivity index (χ1) is 15.5. The highest BCUT2D eigenvalue weighted by Crippen LogP contribution is 2.22. The molecular weight excluding hydrogens is 418 g/mol. The van der Waals surface area contributed by atoms with E-state index in [9.17, 15) is 18.4 Å². The van der Waals surface area contributed by atoms with Crippen molar-refractivity contribution in [3.8, 4) is 5.75 Å². The smallest absolute Gasteiger partial charge is 0.254 e. The molecule has 0 spiro atoms. The van der Waals surface area contributed by atoms with E-state index in [0.717, 1.165) is 25.0 Å². The topological polar surface area (TPSA) is 59.1 Å². The highest BCUT2D eigenvalue weighted by atomic mass is 19.2. The van der Waals surface area contributed by atoms with Gasteiger partial charge in [-0.25, -0.2) is 8.78 Å². The number of rotatable bonds is 5. The molecule has 2 amide bonds. The number of benzene rings is 2. The van der Waals surface area contributed by atoms with Crippen LogP contribution in [0.2, 0.25) is 0 Å².